The van der Waals surface area contributed by atoms with Crippen molar-refractivity contribution in [3.63, 3.8) is 0 Å². The highest BCUT2D eigenvalue weighted by molar-refractivity contribution is 5.17. The molecule has 0 amide bonds. The van der Waals surface area contributed by atoms with Gasteiger partial charge in [-0.05, 0) is 18.5 Å². The van der Waals surface area contributed by atoms with Gasteiger partial charge in [0.25, 0.3) is 0 Å². The Balaban J connectivity index is 2.23. The van der Waals surface area contributed by atoms with Gasteiger partial charge in [-0.1, -0.05) is 49.4 Å². The Morgan fingerprint density at radius 1 is 1.15 bits per heavy atom. The predicted molar refractivity (Wildman–Crippen MR) is 57.8 cm³/mol. The number of hydrogen-bond donors (Lipinski definition) is 1. The van der Waals surface area contributed by atoms with Crippen LogP contribution >= 0.6 is 0 Å². The standard InChI is InChI=1S/C12H17N/c1-2-13-11-7-6-10-12-8-4-3-5-9-12/h3-9,13H,2,10-11H2,1H3. The lowest BCUT2D eigenvalue weighted by Crippen LogP contribution is -2.11. The van der Waals surface area contributed by atoms with E-state index in [4.69, 9.17) is 0 Å². The first kappa shape index (κ1) is 10.0. The molecule has 0 unspecified atom stereocenters. The molecule has 1 nitrogen and oxygen atoms in total. The highest BCUT2D eigenvalue weighted by Gasteiger charge is 1.84. The van der Waals surface area contributed by atoms with Gasteiger partial charge >= 0.3 is 0 Å². The van der Waals surface area contributed by atoms with Crippen molar-refractivity contribution in [2.45, 2.75) is 13.3 Å². The quantitative estimate of drug-likeness (QED) is 0.535. The summed E-state index contributed by atoms with van der Waals surface area (Å²) in [5, 5.41) is 3.25. The minimum atomic E-state index is 0.976. The molecule has 0 saturated carbocycles. The highest BCUT2D eigenvalue weighted by atomic mass is 14.8. The van der Waals surface area contributed by atoms with E-state index >= 15 is 0 Å². The Morgan fingerprint density at radius 3 is 2.62 bits per heavy atom. The number of rotatable bonds is 5. The van der Waals surface area contributed by atoms with Gasteiger partial charge in [0.2, 0.25) is 0 Å². The van der Waals surface area contributed by atoms with Crippen LogP contribution in [0.25, 0.3) is 0 Å². The summed E-state index contributed by atoms with van der Waals surface area (Å²) in [6.45, 7) is 4.13. The minimum absolute atomic E-state index is 0.976. The number of nitrogens with one attached hydrogen (secondary N) is 1. The zero-order chi connectivity index (χ0) is 9.36. The first-order valence-electron chi connectivity index (χ1n) is 4.83. The van der Waals surface area contributed by atoms with E-state index in [0.717, 1.165) is 19.5 Å². The molecule has 0 spiro atoms. The topological polar surface area (TPSA) is 12.0 Å². The number of benzene rings is 1. The first-order valence-corrected chi connectivity index (χ1v) is 4.83. The molecule has 0 saturated heterocycles. The van der Waals surface area contributed by atoms with Gasteiger partial charge in [-0.2, -0.15) is 0 Å². The molecule has 1 aromatic rings. The molecule has 0 fully saturated rings. The van der Waals surface area contributed by atoms with Crippen LogP contribution in [-0.4, -0.2) is 13.1 Å². The monoisotopic (exact) mass is 175 g/mol. The summed E-state index contributed by atoms with van der Waals surface area (Å²) in [7, 11) is 0. The molecule has 0 aromatic heterocycles. The third-order valence-electron chi connectivity index (χ3n) is 1.88. The Morgan fingerprint density at radius 2 is 1.92 bits per heavy atom. The predicted octanol–water partition coefficient (Wildman–Crippen LogP) is 2.39. The SMILES string of the molecule is CCNCC=CCc1ccccc1. The van der Waals surface area contributed by atoms with Crippen molar-refractivity contribution in [2.75, 3.05) is 13.1 Å². The molecular formula is C12H17N. The Kier molecular flexibility index (Phi) is 4.95. The van der Waals surface area contributed by atoms with Crippen LogP contribution in [0.5, 0.6) is 0 Å². The molecule has 70 valence electrons. The van der Waals surface area contributed by atoms with E-state index in [1.165, 1.54) is 5.56 Å². The van der Waals surface area contributed by atoms with Crippen molar-refractivity contribution in [3.05, 3.63) is 48.0 Å². The zero-order valence-corrected chi connectivity index (χ0v) is 8.16. The third kappa shape index (κ3) is 4.48. The lowest BCUT2D eigenvalue weighted by molar-refractivity contribution is 0.798. The molecule has 0 heterocycles. The number of hydrogen-bond acceptors (Lipinski definition) is 1. The molecule has 0 bridgehead atoms. The molecule has 1 aromatic carbocycles. The van der Waals surface area contributed by atoms with E-state index in [2.05, 4.69) is 48.7 Å². The molecule has 0 aliphatic heterocycles. The summed E-state index contributed by atoms with van der Waals surface area (Å²) in [5.41, 5.74) is 1.37. The number of likely N-dealkylation sites (N-methyl/N-ethyl adjacent to an activating group) is 1. The van der Waals surface area contributed by atoms with Crippen molar-refractivity contribution < 1.29 is 0 Å². The molecule has 0 radical (unpaired) electrons. The van der Waals surface area contributed by atoms with Crippen LogP contribution in [-0.2, 0) is 6.42 Å². The summed E-state index contributed by atoms with van der Waals surface area (Å²) >= 11 is 0. The fourth-order valence-electron chi connectivity index (χ4n) is 1.14. The Bertz CT molecular complexity index is 239. The fourth-order valence-corrected chi connectivity index (χ4v) is 1.14. The van der Waals surface area contributed by atoms with Gasteiger partial charge in [0.15, 0.2) is 0 Å². The Labute approximate surface area is 80.5 Å². The maximum Gasteiger partial charge on any atom is 0.0134 e. The summed E-state index contributed by atoms with van der Waals surface area (Å²) < 4.78 is 0. The van der Waals surface area contributed by atoms with Crippen LogP contribution in [0.4, 0.5) is 0 Å². The highest BCUT2D eigenvalue weighted by Crippen LogP contribution is 1.99. The van der Waals surface area contributed by atoms with Crippen LogP contribution in [0.3, 0.4) is 0 Å². The van der Waals surface area contributed by atoms with Crippen LogP contribution < -0.4 is 5.32 Å². The molecule has 1 rings (SSSR count). The number of allylic oxidation sites excluding steroid dienone is 1. The van der Waals surface area contributed by atoms with E-state index in [9.17, 15) is 0 Å². The smallest absolute Gasteiger partial charge is 0.0134 e. The normalized spacial score (nSPS) is 10.8. The van der Waals surface area contributed by atoms with E-state index in [-0.39, 0.29) is 0 Å². The Hall–Kier alpha value is -1.08. The van der Waals surface area contributed by atoms with Crippen LogP contribution in [0.2, 0.25) is 0 Å². The van der Waals surface area contributed by atoms with Gasteiger partial charge in [-0.15, -0.1) is 0 Å². The van der Waals surface area contributed by atoms with Crippen molar-refractivity contribution in [1.82, 2.24) is 5.32 Å². The van der Waals surface area contributed by atoms with E-state index in [0.29, 0.717) is 0 Å². The van der Waals surface area contributed by atoms with Gasteiger partial charge < -0.3 is 5.32 Å². The lowest BCUT2D eigenvalue weighted by atomic mass is 10.1. The fraction of sp³-hybridized carbons (Fsp3) is 0.333. The van der Waals surface area contributed by atoms with Gasteiger partial charge in [0.1, 0.15) is 0 Å². The summed E-state index contributed by atoms with van der Waals surface area (Å²) in [6, 6.07) is 10.5. The van der Waals surface area contributed by atoms with E-state index < -0.39 is 0 Å². The first-order chi connectivity index (χ1) is 6.43. The summed E-state index contributed by atoms with van der Waals surface area (Å²) in [6.07, 6.45) is 5.42. The van der Waals surface area contributed by atoms with Gasteiger partial charge in [0.05, 0.1) is 0 Å². The second kappa shape index (κ2) is 6.44. The van der Waals surface area contributed by atoms with Crippen LogP contribution in [0.15, 0.2) is 42.5 Å². The maximum absolute atomic E-state index is 3.25. The van der Waals surface area contributed by atoms with Gasteiger partial charge in [-0.3, -0.25) is 0 Å². The van der Waals surface area contributed by atoms with Crippen LogP contribution in [0.1, 0.15) is 12.5 Å². The van der Waals surface area contributed by atoms with Gasteiger partial charge in [-0.25, -0.2) is 0 Å². The van der Waals surface area contributed by atoms with Crippen molar-refractivity contribution in [1.29, 1.82) is 0 Å². The summed E-state index contributed by atoms with van der Waals surface area (Å²) in [4.78, 5) is 0. The molecule has 1 heteroatoms. The minimum Gasteiger partial charge on any atom is -0.314 e. The van der Waals surface area contributed by atoms with Crippen molar-refractivity contribution in [2.24, 2.45) is 0 Å². The molecule has 0 aliphatic carbocycles. The van der Waals surface area contributed by atoms with E-state index in [1.807, 2.05) is 6.07 Å². The molecule has 13 heavy (non-hydrogen) atoms. The molecule has 0 aliphatic rings. The molecular weight excluding hydrogens is 158 g/mol. The largest absolute Gasteiger partial charge is 0.314 e. The third-order valence-corrected chi connectivity index (χ3v) is 1.88. The maximum atomic E-state index is 3.25. The van der Waals surface area contributed by atoms with Crippen molar-refractivity contribution >= 4 is 0 Å². The van der Waals surface area contributed by atoms with Crippen LogP contribution in [0, 0.1) is 0 Å². The lowest BCUT2D eigenvalue weighted by Gasteiger charge is -1.95. The molecule has 1 N–H and O–H groups in total. The second-order valence-electron chi connectivity index (χ2n) is 2.97. The van der Waals surface area contributed by atoms with Gasteiger partial charge in [0, 0.05) is 6.54 Å². The second-order valence-corrected chi connectivity index (χ2v) is 2.97. The van der Waals surface area contributed by atoms with E-state index in [1.54, 1.807) is 0 Å². The zero-order valence-electron chi connectivity index (χ0n) is 8.16. The average molecular weight is 175 g/mol. The summed E-state index contributed by atoms with van der Waals surface area (Å²) in [5.74, 6) is 0. The molecule has 0 atom stereocenters. The average Bonchev–Trinajstić information content (AvgIpc) is 2.19. The van der Waals surface area contributed by atoms with Crippen molar-refractivity contribution in [3.8, 4) is 0 Å².